The van der Waals surface area contributed by atoms with E-state index in [-0.39, 0.29) is 0 Å². The summed E-state index contributed by atoms with van der Waals surface area (Å²) in [6, 6.07) is 67.1. The van der Waals surface area contributed by atoms with Crippen LogP contribution in [0.1, 0.15) is 0 Å². The van der Waals surface area contributed by atoms with Gasteiger partial charge in [-0.05, 0) is 103 Å². The molecule has 1 aliphatic rings. The average Bonchev–Trinajstić information content (AvgIpc) is 3.74. The fourth-order valence-electron chi connectivity index (χ4n) is 8.97. The maximum absolute atomic E-state index is 2.55. The van der Waals surface area contributed by atoms with Crippen molar-refractivity contribution < 1.29 is 0 Å². The number of nitrogens with zero attached hydrogens (tertiary/aromatic N) is 2. The van der Waals surface area contributed by atoms with Crippen molar-refractivity contribution in [1.82, 2.24) is 9.13 Å². The number of para-hydroxylation sites is 2. The summed E-state index contributed by atoms with van der Waals surface area (Å²) in [5, 5.41) is 11.5. The third-order valence-corrected chi connectivity index (χ3v) is 12.3. The number of fused-ring (bicyclic) bond motifs is 11. The molecule has 0 aliphatic carbocycles. The van der Waals surface area contributed by atoms with Gasteiger partial charge in [-0.25, -0.2) is 0 Å². The third kappa shape index (κ3) is 4.11. The van der Waals surface area contributed by atoms with E-state index < -0.39 is 0 Å². The molecule has 0 fully saturated rings. The Morgan fingerprint density at radius 1 is 0.377 bits per heavy atom. The maximum Gasteiger partial charge on any atom is 0.131 e. The minimum atomic E-state index is 1.16. The Kier molecular flexibility index (Phi) is 6.02. The minimum absolute atomic E-state index is 1.16. The van der Waals surface area contributed by atoms with Crippen LogP contribution in [0, 0.1) is 0 Å². The first-order chi connectivity index (χ1) is 26.3. The summed E-state index contributed by atoms with van der Waals surface area (Å²) in [5.74, 6) is 0. The van der Waals surface area contributed by atoms with E-state index in [2.05, 4.69) is 191 Å². The van der Waals surface area contributed by atoms with Crippen molar-refractivity contribution in [3.63, 3.8) is 0 Å². The molecule has 0 bridgehead atoms. The Morgan fingerprint density at radius 2 is 1.08 bits per heavy atom. The van der Waals surface area contributed by atoms with Gasteiger partial charge in [0.1, 0.15) is 5.65 Å². The number of hydrogen-bond acceptors (Lipinski definition) is 1. The van der Waals surface area contributed by atoms with Crippen LogP contribution in [0.2, 0.25) is 0 Å². The Balaban J connectivity index is 1.17. The molecular weight excluding hydrogens is 661 g/mol. The molecule has 3 heteroatoms. The fourth-order valence-corrected chi connectivity index (χ4v) is 10.1. The van der Waals surface area contributed by atoms with Crippen LogP contribution in [0.3, 0.4) is 0 Å². The Hall–Kier alpha value is -6.55. The molecule has 0 saturated carbocycles. The lowest BCUT2D eigenvalue weighted by molar-refractivity contribution is 1.03. The van der Waals surface area contributed by atoms with Crippen molar-refractivity contribution in [1.29, 1.82) is 0 Å². The zero-order valence-corrected chi connectivity index (χ0v) is 29.4. The van der Waals surface area contributed by atoms with Crippen molar-refractivity contribution in [2.45, 2.75) is 9.79 Å². The van der Waals surface area contributed by atoms with Gasteiger partial charge in [-0.15, -0.1) is 0 Å². The summed E-state index contributed by atoms with van der Waals surface area (Å²) in [7, 11) is 0. The molecule has 12 rings (SSSR count). The molecule has 0 spiro atoms. The highest BCUT2D eigenvalue weighted by atomic mass is 32.2. The zero-order chi connectivity index (χ0) is 34.6. The first-order valence-electron chi connectivity index (χ1n) is 18.2. The lowest BCUT2D eigenvalue weighted by Gasteiger charge is -2.22. The van der Waals surface area contributed by atoms with Gasteiger partial charge in [0.25, 0.3) is 0 Å². The second-order valence-electron chi connectivity index (χ2n) is 14.1. The van der Waals surface area contributed by atoms with E-state index >= 15 is 0 Å². The first kappa shape index (κ1) is 29.1. The standard InChI is InChI=1S/C50H30N2S/c1-2-15-36(16-3-1)51-44-22-10-20-38(34-25-24-31-12-4-5-13-32(31)28-34)47(44)48-41-21-11-23-45-49(41)52(50(48)51)43-27-26-35(30-46(43)53-45)42-29-33-14-6-7-17-37(33)39-18-8-9-19-40(39)42/h1-30H. The predicted octanol–water partition coefficient (Wildman–Crippen LogP) is 14.0. The molecule has 9 aromatic carbocycles. The summed E-state index contributed by atoms with van der Waals surface area (Å²) < 4.78 is 5.04. The highest BCUT2D eigenvalue weighted by molar-refractivity contribution is 7.99. The molecule has 0 saturated heterocycles. The van der Waals surface area contributed by atoms with Crippen LogP contribution < -0.4 is 0 Å². The number of hydrogen-bond donors (Lipinski definition) is 0. The second kappa shape index (κ2) is 11.0. The van der Waals surface area contributed by atoms with Crippen molar-refractivity contribution in [2.75, 3.05) is 0 Å². The second-order valence-corrected chi connectivity index (χ2v) is 15.2. The van der Waals surface area contributed by atoms with Crippen molar-refractivity contribution in [3.8, 4) is 33.6 Å². The van der Waals surface area contributed by atoms with Crippen LogP contribution in [-0.4, -0.2) is 9.13 Å². The van der Waals surface area contributed by atoms with Crippen LogP contribution in [0.25, 0.3) is 98.8 Å². The molecule has 2 aromatic heterocycles. The quantitative estimate of drug-likeness (QED) is 0.168. The summed E-state index contributed by atoms with van der Waals surface area (Å²) in [4.78, 5) is 2.54. The monoisotopic (exact) mass is 690 g/mol. The summed E-state index contributed by atoms with van der Waals surface area (Å²) in [6.45, 7) is 0. The fraction of sp³-hybridized carbons (Fsp3) is 0. The summed E-state index contributed by atoms with van der Waals surface area (Å²) in [6.07, 6.45) is 0. The highest BCUT2D eigenvalue weighted by Gasteiger charge is 2.29. The zero-order valence-electron chi connectivity index (χ0n) is 28.6. The molecule has 53 heavy (non-hydrogen) atoms. The largest absolute Gasteiger partial charge is 0.295 e. The molecule has 0 unspecified atom stereocenters. The van der Waals surface area contributed by atoms with Crippen LogP contribution in [-0.2, 0) is 0 Å². The molecule has 0 N–H and O–H groups in total. The average molecular weight is 691 g/mol. The van der Waals surface area contributed by atoms with Gasteiger partial charge in [-0.1, -0.05) is 145 Å². The molecule has 0 amide bonds. The SMILES string of the molecule is c1ccc(-n2c3cccc(-c4ccc5ccccc5c4)c3c3c4cccc5c4n(c32)-c2ccc(-c3cc4ccccc4c4ccccc34)cc2S5)cc1. The summed E-state index contributed by atoms with van der Waals surface area (Å²) >= 11 is 1.89. The molecule has 246 valence electrons. The van der Waals surface area contributed by atoms with E-state index in [1.54, 1.807) is 0 Å². The van der Waals surface area contributed by atoms with Gasteiger partial charge in [0, 0.05) is 31.6 Å². The van der Waals surface area contributed by atoms with Crippen LogP contribution >= 0.6 is 11.8 Å². The van der Waals surface area contributed by atoms with Crippen LogP contribution in [0.5, 0.6) is 0 Å². The summed E-state index contributed by atoms with van der Waals surface area (Å²) in [5.41, 5.74) is 11.0. The molecule has 1 aliphatic heterocycles. The molecule has 3 heterocycles. The number of rotatable bonds is 3. The minimum Gasteiger partial charge on any atom is -0.295 e. The smallest absolute Gasteiger partial charge is 0.131 e. The van der Waals surface area contributed by atoms with Gasteiger partial charge in [0.2, 0.25) is 0 Å². The van der Waals surface area contributed by atoms with E-state index in [4.69, 9.17) is 0 Å². The van der Waals surface area contributed by atoms with Gasteiger partial charge in [0.15, 0.2) is 0 Å². The normalized spacial score (nSPS) is 12.5. The highest BCUT2D eigenvalue weighted by Crippen LogP contribution is 2.52. The lowest BCUT2D eigenvalue weighted by atomic mass is 9.93. The first-order valence-corrected chi connectivity index (χ1v) is 19.0. The van der Waals surface area contributed by atoms with Gasteiger partial charge in [-0.3, -0.25) is 9.13 Å². The Morgan fingerprint density at radius 3 is 1.96 bits per heavy atom. The Bertz CT molecular complexity index is 3310. The number of aromatic nitrogens is 2. The number of benzene rings is 9. The van der Waals surface area contributed by atoms with E-state index in [0.29, 0.717) is 0 Å². The van der Waals surface area contributed by atoms with Gasteiger partial charge in [0.05, 0.1) is 16.7 Å². The molecule has 11 aromatic rings. The third-order valence-electron chi connectivity index (χ3n) is 11.2. The van der Waals surface area contributed by atoms with Gasteiger partial charge in [-0.2, -0.15) is 0 Å². The lowest BCUT2D eigenvalue weighted by Crippen LogP contribution is -2.06. The molecule has 2 nitrogen and oxygen atoms in total. The van der Waals surface area contributed by atoms with Crippen molar-refractivity contribution >= 4 is 76.9 Å². The molecule has 0 atom stereocenters. The van der Waals surface area contributed by atoms with Crippen molar-refractivity contribution in [3.05, 3.63) is 182 Å². The van der Waals surface area contributed by atoms with E-state index in [9.17, 15) is 0 Å². The van der Waals surface area contributed by atoms with Crippen LogP contribution in [0.15, 0.2) is 192 Å². The van der Waals surface area contributed by atoms with Gasteiger partial charge < -0.3 is 0 Å². The maximum atomic E-state index is 2.55. The van der Waals surface area contributed by atoms with E-state index in [1.165, 1.54) is 103 Å². The Labute approximate surface area is 310 Å². The van der Waals surface area contributed by atoms with Crippen molar-refractivity contribution in [2.24, 2.45) is 0 Å². The predicted molar refractivity (Wildman–Crippen MR) is 225 cm³/mol. The van der Waals surface area contributed by atoms with E-state index in [0.717, 1.165) is 5.69 Å². The van der Waals surface area contributed by atoms with Gasteiger partial charge >= 0.3 is 0 Å². The van der Waals surface area contributed by atoms with Crippen LogP contribution in [0.4, 0.5) is 0 Å². The molecular formula is C50H30N2S. The topological polar surface area (TPSA) is 9.86 Å². The molecule has 0 radical (unpaired) electrons. The van der Waals surface area contributed by atoms with E-state index in [1.807, 2.05) is 11.8 Å².